The Morgan fingerprint density at radius 2 is 0.810 bits per heavy atom. The second-order valence-electron chi connectivity index (χ2n) is 19.2. The normalized spacial score (nSPS) is 13.0. The number of carbonyl (C=O) groups excluding carboxylic acids is 2. The number of likely N-dealkylation sites (N-methyl/N-ethyl adjacent to an activating group) is 1. The molecule has 9 nitrogen and oxygen atoms in total. The monoisotopic (exact) mass is 893 g/mol. The molecule has 0 aromatic heterocycles. The highest BCUT2D eigenvalue weighted by molar-refractivity contribution is 5.71. The predicted octanol–water partition coefficient (Wildman–Crippen LogP) is 14.8. The van der Waals surface area contributed by atoms with Crippen LogP contribution >= 0.6 is 0 Å². The van der Waals surface area contributed by atoms with Gasteiger partial charge < -0.3 is 28.5 Å². The zero-order chi connectivity index (χ0) is 46.3. The predicted molar refractivity (Wildman–Crippen MR) is 263 cm³/mol. The SMILES string of the molecule is CCCCCCCC/C=C\CCCCCCCCCC(=O)OCC(COC(OCC[N+](C)(C)C)C(=O)O)OC(=O)CCCCCCCCCCC/C=C\CCCCCCCCCC. The number of unbranched alkanes of at least 4 members (excludes halogenated alkanes) is 30. The molecule has 0 spiro atoms. The number of carbonyl (C=O) groups is 3. The molecule has 0 amide bonds. The summed E-state index contributed by atoms with van der Waals surface area (Å²) in [5.74, 6) is -2.00. The van der Waals surface area contributed by atoms with Gasteiger partial charge in [-0.25, -0.2) is 4.79 Å². The van der Waals surface area contributed by atoms with Crippen LogP contribution in [0.1, 0.15) is 245 Å². The number of aliphatic carboxylic acids is 1. The van der Waals surface area contributed by atoms with Crippen LogP contribution < -0.4 is 0 Å². The highest BCUT2D eigenvalue weighted by Crippen LogP contribution is 2.15. The number of carboxylic acids is 1. The maximum absolute atomic E-state index is 12.8. The molecule has 370 valence electrons. The molecule has 0 radical (unpaired) electrons. The van der Waals surface area contributed by atoms with Crippen molar-refractivity contribution in [3.63, 3.8) is 0 Å². The molecular formula is C54H102NO8+. The lowest BCUT2D eigenvalue weighted by Crippen LogP contribution is -2.40. The van der Waals surface area contributed by atoms with Gasteiger partial charge in [0, 0.05) is 12.8 Å². The molecule has 0 aromatic rings. The van der Waals surface area contributed by atoms with E-state index in [1.54, 1.807) is 0 Å². The van der Waals surface area contributed by atoms with Gasteiger partial charge in [-0.3, -0.25) is 9.59 Å². The first-order chi connectivity index (χ1) is 30.6. The number of ether oxygens (including phenoxy) is 4. The summed E-state index contributed by atoms with van der Waals surface area (Å²) < 4.78 is 22.8. The lowest BCUT2D eigenvalue weighted by Gasteiger charge is -2.25. The first-order valence-corrected chi connectivity index (χ1v) is 26.5. The fourth-order valence-electron chi connectivity index (χ4n) is 7.53. The highest BCUT2D eigenvalue weighted by Gasteiger charge is 2.25. The van der Waals surface area contributed by atoms with E-state index in [2.05, 4.69) is 38.2 Å². The summed E-state index contributed by atoms with van der Waals surface area (Å²) in [6, 6.07) is 0. The third-order valence-corrected chi connectivity index (χ3v) is 11.7. The van der Waals surface area contributed by atoms with Gasteiger partial charge in [-0.2, -0.15) is 0 Å². The molecule has 0 aromatic carbocycles. The quantitative estimate of drug-likeness (QED) is 0.0211. The fraction of sp³-hybridized carbons (Fsp3) is 0.870. The number of esters is 2. The third-order valence-electron chi connectivity index (χ3n) is 11.7. The van der Waals surface area contributed by atoms with E-state index in [0.29, 0.717) is 17.4 Å². The first-order valence-electron chi connectivity index (χ1n) is 26.5. The van der Waals surface area contributed by atoms with Gasteiger partial charge in [0.1, 0.15) is 13.2 Å². The number of quaternary nitrogens is 1. The maximum Gasteiger partial charge on any atom is 0.361 e. The van der Waals surface area contributed by atoms with Crippen molar-refractivity contribution in [3.8, 4) is 0 Å². The summed E-state index contributed by atoms with van der Waals surface area (Å²) >= 11 is 0. The standard InChI is InChI=1S/C54H101NO8/c1-6-8-10-12-14-16-18-20-22-24-25-26-27-29-31-33-35-37-39-41-43-45-52(57)63-50(49-62-54(53(58)59)60-47-46-55(3,4)5)48-61-51(56)44-42-40-38-36-34-32-30-28-23-21-19-17-15-13-11-9-7-2/h21,23-25,50,54H,6-20,22,26-49H2,1-5H3/p+1/b23-21-,25-24-. The molecule has 0 heterocycles. The number of rotatable bonds is 49. The minimum atomic E-state index is -1.51. The van der Waals surface area contributed by atoms with Crippen molar-refractivity contribution in [2.45, 2.75) is 257 Å². The van der Waals surface area contributed by atoms with E-state index in [0.717, 1.165) is 38.5 Å². The number of carboxylic acid groups (broad SMARTS) is 1. The molecule has 0 bridgehead atoms. The second-order valence-corrected chi connectivity index (χ2v) is 19.2. The van der Waals surface area contributed by atoms with Crippen LogP contribution in [-0.4, -0.2) is 87.4 Å². The van der Waals surface area contributed by atoms with Gasteiger partial charge in [-0.05, 0) is 64.2 Å². The smallest absolute Gasteiger partial charge is 0.361 e. The average molecular weight is 893 g/mol. The average Bonchev–Trinajstić information content (AvgIpc) is 3.24. The van der Waals surface area contributed by atoms with Gasteiger partial charge in [-0.15, -0.1) is 0 Å². The van der Waals surface area contributed by atoms with E-state index in [-0.39, 0.29) is 32.2 Å². The van der Waals surface area contributed by atoms with Crippen LogP contribution in [0.5, 0.6) is 0 Å². The Kier molecular flexibility index (Phi) is 44.7. The molecule has 0 rings (SSSR count). The van der Waals surface area contributed by atoms with Gasteiger partial charge in [0.2, 0.25) is 0 Å². The van der Waals surface area contributed by atoms with E-state index < -0.39 is 24.3 Å². The zero-order valence-electron chi connectivity index (χ0n) is 42.0. The molecule has 0 aliphatic carbocycles. The van der Waals surface area contributed by atoms with Crippen molar-refractivity contribution in [1.29, 1.82) is 0 Å². The van der Waals surface area contributed by atoms with E-state index in [9.17, 15) is 19.5 Å². The van der Waals surface area contributed by atoms with Crippen molar-refractivity contribution in [2.75, 3.05) is 47.5 Å². The summed E-state index contributed by atoms with van der Waals surface area (Å²) in [5.41, 5.74) is 0. The molecule has 0 aliphatic heterocycles. The maximum atomic E-state index is 12.8. The van der Waals surface area contributed by atoms with Crippen molar-refractivity contribution >= 4 is 17.9 Å². The lowest BCUT2D eigenvalue weighted by atomic mass is 10.1. The summed E-state index contributed by atoms with van der Waals surface area (Å²) in [7, 11) is 5.97. The highest BCUT2D eigenvalue weighted by atomic mass is 16.7. The summed E-state index contributed by atoms with van der Waals surface area (Å²) in [5, 5.41) is 9.67. The lowest BCUT2D eigenvalue weighted by molar-refractivity contribution is -0.870. The van der Waals surface area contributed by atoms with Crippen LogP contribution in [0.4, 0.5) is 0 Å². The van der Waals surface area contributed by atoms with E-state index in [4.69, 9.17) is 18.9 Å². The van der Waals surface area contributed by atoms with Crippen molar-refractivity contribution in [2.24, 2.45) is 0 Å². The molecule has 0 fully saturated rings. The Morgan fingerprint density at radius 1 is 0.460 bits per heavy atom. The Labute approximate surface area is 388 Å². The summed E-state index contributed by atoms with van der Waals surface area (Å²) in [6.07, 6.45) is 49.5. The summed E-state index contributed by atoms with van der Waals surface area (Å²) in [4.78, 5) is 37.3. The second kappa shape index (κ2) is 46.3. The number of nitrogens with zero attached hydrogens (tertiary/aromatic N) is 1. The van der Waals surface area contributed by atoms with Gasteiger partial charge in [-0.1, -0.05) is 192 Å². The fourth-order valence-corrected chi connectivity index (χ4v) is 7.53. The van der Waals surface area contributed by atoms with Gasteiger partial charge in [0.25, 0.3) is 6.29 Å². The molecule has 0 saturated carbocycles. The van der Waals surface area contributed by atoms with Gasteiger partial charge in [0.05, 0.1) is 34.4 Å². The zero-order valence-corrected chi connectivity index (χ0v) is 42.0. The summed E-state index contributed by atoms with van der Waals surface area (Å²) in [6.45, 7) is 4.89. The van der Waals surface area contributed by atoms with Crippen LogP contribution in [0.3, 0.4) is 0 Å². The molecule has 63 heavy (non-hydrogen) atoms. The van der Waals surface area contributed by atoms with Crippen molar-refractivity contribution in [1.82, 2.24) is 0 Å². The minimum Gasteiger partial charge on any atom is -0.477 e. The third kappa shape index (κ3) is 47.5. The number of hydrogen-bond donors (Lipinski definition) is 1. The van der Waals surface area contributed by atoms with Crippen LogP contribution in [0.2, 0.25) is 0 Å². The van der Waals surface area contributed by atoms with Crippen molar-refractivity contribution in [3.05, 3.63) is 24.3 Å². The largest absolute Gasteiger partial charge is 0.477 e. The first kappa shape index (κ1) is 60.8. The Bertz CT molecular complexity index is 1090. The van der Waals surface area contributed by atoms with Crippen LogP contribution in [0, 0.1) is 0 Å². The van der Waals surface area contributed by atoms with Crippen LogP contribution in [0.25, 0.3) is 0 Å². The number of allylic oxidation sites excluding steroid dienone is 4. The van der Waals surface area contributed by atoms with Gasteiger partial charge in [0.15, 0.2) is 6.10 Å². The molecule has 1 N–H and O–H groups in total. The van der Waals surface area contributed by atoms with Crippen LogP contribution in [0.15, 0.2) is 24.3 Å². The number of hydrogen-bond acceptors (Lipinski definition) is 7. The molecule has 2 atom stereocenters. The van der Waals surface area contributed by atoms with E-state index in [1.807, 2.05) is 21.1 Å². The Hall–Kier alpha value is -2.23. The van der Waals surface area contributed by atoms with E-state index in [1.165, 1.54) is 180 Å². The molecular weight excluding hydrogens is 791 g/mol. The molecule has 0 aliphatic rings. The topological polar surface area (TPSA) is 108 Å². The van der Waals surface area contributed by atoms with Crippen molar-refractivity contribution < 1.29 is 42.9 Å². The van der Waals surface area contributed by atoms with Gasteiger partial charge >= 0.3 is 17.9 Å². The van der Waals surface area contributed by atoms with Crippen LogP contribution in [-0.2, 0) is 33.3 Å². The molecule has 9 heteroatoms. The van der Waals surface area contributed by atoms with E-state index >= 15 is 0 Å². The Balaban J connectivity index is 4.31. The molecule has 2 unspecified atom stereocenters. The Morgan fingerprint density at radius 3 is 1.17 bits per heavy atom. The minimum absolute atomic E-state index is 0.182. The molecule has 0 saturated heterocycles.